The van der Waals surface area contributed by atoms with Crippen LogP contribution < -0.4 is 10.2 Å². The van der Waals surface area contributed by atoms with Gasteiger partial charge in [-0.1, -0.05) is 13.8 Å². The minimum atomic E-state index is 0.630. The maximum atomic E-state index is 4.57. The van der Waals surface area contributed by atoms with Gasteiger partial charge in [-0.2, -0.15) is 5.10 Å². The Morgan fingerprint density at radius 3 is 2.36 bits per heavy atom. The lowest BCUT2D eigenvalue weighted by Crippen LogP contribution is -2.48. The molecule has 0 unspecified atom stereocenters. The minimum Gasteiger partial charge on any atom is -0.352 e. The van der Waals surface area contributed by atoms with Gasteiger partial charge in [-0.3, -0.25) is 4.90 Å². The normalized spacial score (nSPS) is 15.4. The molecule has 0 aliphatic carbocycles. The van der Waals surface area contributed by atoms with Crippen molar-refractivity contribution >= 4 is 11.9 Å². The first-order valence-electron chi connectivity index (χ1n) is 9.00. The molecule has 134 valence electrons. The molecule has 1 fully saturated rings. The molecule has 0 saturated carbocycles. The summed E-state index contributed by atoms with van der Waals surface area (Å²) in [6.45, 7) is 9.88. The number of nitrogens with zero attached hydrogens (tertiary/aromatic N) is 7. The smallest absolute Gasteiger partial charge is 0.243 e. The van der Waals surface area contributed by atoms with Crippen LogP contribution >= 0.6 is 0 Å². The maximum Gasteiger partial charge on any atom is 0.243 e. The molecule has 2 aromatic rings. The Balaban J connectivity index is 1.43. The first-order valence-corrected chi connectivity index (χ1v) is 9.00. The topological polar surface area (TPSA) is 83.0 Å². The van der Waals surface area contributed by atoms with Gasteiger partial charge in [0.05, 0.1) is 11.4 Å². The fourth-order valence-corrected chi connectivity index (χ4v) is 2.96. The van der Waals surface area contributed by atoms with Crippen LogP contribution in [-0.2, 0) is 12.8 Å². The summed E-state index contributed by atoms with van der Waals surface area (Å²) in [5, 5.41) is 11.7. The van der Waals surface area contributed by atoms with E-state index < -0.39 is 0 Å². The van der Waals surface area contributed by atoms with E-state index in [0.29, 0.717) is 5.95 Å². The van der Waals surface area contributed by atoms with Crippen LogP contribution in [0.2, 0.25) is 0 Å². The molecule has 1 aliphatic rings. The zero-order valence-electron chi connectivity index (χ0n) is 15.0. The number of hydrogen-bond acceptors (Lipinski definition) is 8. The lowest BCUT2D eigenvalue weighted by atomic mass is 10.2. The van der Waals surface area contributed by atoms with E-state index in [1.165, 1.54) is 0 Å². The standard InChI is InChI=1S/C17H26N8/c1-3-14-15(4-2)22-23-16(21-14)18-8-9-24-10-12-25(13-11-24)17-19-6-5-7-20-17/h5-7H,3-4,8-13H2,1-2H3,(H,18,21,23). The second-order valence-corrected chi connectivity index (χ2v) is 6.04. The van der Waals surface area contributed by atoms with E-state index in [9.17, 15) is 0 Å². The Hall–Kier alpha value is -2.35. The van der Waals surface area contributed by atoms with Gasteiger partial charge in [0.2, 0.25) is 11.9 Å². The molecule has 2 aromatic heterocycles. The molecule has 0 atom stereocenters. The average molecular weight is 342 g/mol. The van der Waals surface area contributed by atoms with Gasteiger partial charge in [-0.25, -0.2) is 15.0 Å². The molecule has 8 heteroatoms. The predicted molar refractivity (Wildman–Crippen MR) is 97.8 cm³/mol. The third kappa shape index (κ3) is 4.60. The van der Waals surface area contributed by atoms with E-state index in [2.05, 4.69) is 54.1 Å². The van der Waals surface area contributed by atoms with Gasteiger partial charge in [-0.15, -0.1) is 5.10 Å². The van der Waals surface area contributed by atoms with Crippen molar-refractivity contribution in [3.8, 4) is 0 Å². The SMILES string of the molecule is CCc1nnc(NCCN2CCN(c3ncccn3)CC2)nc1CC. The molecule has 0 spiro atoms. The summed E-state index contributed by atoms with van der Waals surface area (Å²) in [5.74, 6) is 1.45. The molecule has 1 N–H and O–H groups in total. The zero-order chi connectivity index (χ0) is 17.5. The first kappa shape index (κ1) is 17.5. The Morgan fingerprint density at radius 2 is 1.68 bits per heavy atom. The summed E-state index contributed by atoms with van der Waals surface area (Å²) in [7, 11) is 0. The van der Waals surface area contributed by atoms with Crippen molar-refractivity contribution in [1.82, 2.24) is 30.0 Å². The Bertz CT molecular complexity index is 655. The summed E-state index contributed by atoms with van der Waals surface area (Å²) in [6, 6.07) is 1.85. The Kier molecular flexibility index (Phi) is 6.05. The van der Waals surface area contributed by atoms with Crippen molar-refractivity contribution < 1.29 is 0 Å². The highest BCUT2D eigenvalue weighted by atomic mass is 15.3. The van der Waals surface area contributed by atoms with Gasteiger partial charge in [0.1, 0.15) is 0 Å². The van der Waals surface area contributed by atoms with Crippen molar-refractivity contribution in [2.75, 3.05) is 49.5 Å². The second-order valence-electron chi connectivity index (χ2n) is 6.04. The van der Waals surface area contributed by atoms with Crippen LogP contribution in [0.15, 0.2) is 18.5 Å². The van der Waals surface area contributed by atoms with Crippen LogP contribution in [0.1, 0.15) is 25.2 Å². The fourth-order valence-electron chi connectivity index (χ4n) is 2.96. The Labute approximate surface area is 148 Å². The average Bonchev–Trinajstić information content (AvgIpc) is 2.69. The monoisotopic (exact) mass is 342 g/mol. The largest absolute Gasteiger partial charge is 0.352 e. The number of hydrogen-bond donors (Lipinski definition) is 1. The number of aromatic nitrogens is 5. The van der Waals surface area contributed by atoms with Crippen LogP contribution in [0.25, 0.3) is 0 Å². The van der Waals surface area contributed by atoms with E-state index in [1.807, 2.05) is 6.07 Å². The number of rotatable bonds is 7. The van der Waals surface area contributed by atoms with E-state index >= 15 is 0 Å². The lowest BCUT2D eigenvalue weighted by molar-refractivity contribution is 0.266. The van der Waals surface area contributed by atoms with Gasteiger partial charge in [0, 0.05) is 51.7 Å². The molecule has 0 radical (unpaired) electrons. The van der Waals surface area contributed by atoms with Gasteiger partial charge < -0.3 is 10.2 Å². The third-order valence-corrected chi connectivity index (χ3v) is 4.43. The highest BCUT2D eigenvalue weighted by Crippen LogP contribution is 2.10. The zero-order valence-corrected chi connectivity index (χ0v) is 15.0. The van der Waals surface area contributed by atoms with Crippen molar-refractivity contribution in [3.05, 3.63) is 29.8 Å². The number of nitrogens with one attached hydrogen (secondary N) is 1. The molecule has 0 aromatic carbocycles. The van der Waals surface area contributed by atoms with E-state index in [0.717, 1.165) is 69.4 Å². The number of anilines is 2. The highest BCUT2D eigenvalue weighted by molar-refractivity contribution is 5.29. The van der Waals surface area contributed by atoms with Crippen LogP contribution in [0.4, 0.5) is 11.9 Å². The molecule has 3 heterocycles. The summed E-state index contributed by atoms with van der Waals surface area (Å²) in [5.41, 5.74) is 2.03. The fraction of sp³-hybridized carbons (Fsp3) is 0.588. The van der Waals surface area contributed by atoms with Crippen molar-refractivity contribution in [2.24, 2.45) is 0 Å². The number of piperazine rings is 1. The minimum absolute atomic E-state index is 0.630. The summed E-state index contributed by atoms with van der Waals surface area (Å²) in [6.07, 6.45) is 5.35. The first-order chi connectivity index (χ1) is 12.3. The summed E-state index contributed by atoms with van der Waals surface area (Å²) >= 11 is 0. The van der Waals surface area contributed by atoms with Crippen LogP contribution in [-0.4, -0.2) is 69.3 Å². The molecule has 0 bridgehead atoms. The Morgan fingerprint density at radius 1 is 0.960 bits per heavy atom. The van der Waals surface area contributed by atoms with E-state index in [-0.39, 0.29) is 0 Å². The predicted octanol–water partition coefficient (Wildman–Crippen LogP) is 1.02. The molecular weight excluding hydrogens is 316 g/mol. The van der Waals surface area contributed by atoms with Crippen LogP contribution in [0.3, 0.4) is 0 Å². The van der Waals surface area contributed by atoms with Gasteiger partial charge in [0.25, 0.3) is 0 Å². The van der Waals surface area contributed by atoms with E-state index in [4.69, 9.17) is 0 Å². The molecule has 0 amide bonds. The van der Waals surface area contributed by atoms with Crippen LogP contribution in [0, 0.1) is 0 Å². The van der Waals surface area contributed by atoms with Crippen molar-refractivity contribution in [3.63, 3.8) is 0 Å². The molecule has 1 saturated heterocycles. The highest BCUT2D eigenvalue weighted by Gasteiger charge is 2.18. The number of aryl methyl sites for hydroxylation is 2. The third-order valence-electron chi connectivity index (χ3n) is 4.43. The molecule has 25 heavy (non-hydrogen) atoms. The second kappa shape index (κ2) is 8.66. The van der Waals surface area contributed by atoms with Crippen LogP contribution in [0.5, 0.6) is 0 Å². The molecule has 1 aliphatic heterocycles. The maximum absolute atomic E-state index is 4.57. The summed E-state index contributed by atoms with van der Waals surface area (Å²) < 4.78 is 0. The van der Waals surface area contributed by atoms with E-state index in [1.54, 1.807) is 12.4 Å². The van der Waals surface area contributed by atoms with Crippen molar-refractivity contribution in [2.45, 2.75) is 26.7 Å². The van der Waals surface area contributed by atoms with Gasteiger partial charge in [0.15, 0.2) is 0 Å². The van der Waals surface area contributed by atoms with Gasteiger partial charge in [-0.05, 0) is 18.9 Å². The summed E-state index contributed by atoms with van der Waals surface area (Å²) in [4.78, 5) is 17.9. The molecular formula is C17H26N8. The van der Waals surface area contributed by atoms with Crippen molar-refractivity contribution in [1.29, 1.82) is 0 Å². The molecule has 8 nitrogen and oxygen atoms in total. The lowest BCUT2D eigenvalue weighted by Gasteiger charge is -2.34. The quantitative estimate of drug-likeness (QED) is 0.798. The molecule has 3 rings (SSSR count). The van der Waals surface area contributed by atoms with Gasteiger partial charge >= 0.3 is 0 Å².